The van der Waals surface area contributed by atoms with Gasteiger partial charge >= 0.3 is 0 Å². The highest BCUT2D eigenvalue weighted by molar-refractivity contribution is 5.81. The van der Waals surface area contributed by atoms with Crippen LogP contribution < -0.4 is 10.6 Å². The Morgan fingerprint density at radius 2 is 1.86 bits per heavy atom. The van der Waals surface area contributed by atoms with Gasteiger partial charge in [0.25, 0.3) is 0 Å². The van der Waals surface area contributed by atoms with Gasteiger partial charge in [0.2, 0.25) is 0 Å². The third-order valence-electron chi connectivity index (χ3n) is 4.01. The van der Waals surface area contributed by atoms with Crippen LogP contribution in [0.1, 0.15) is 23.6 Å². The molecule has 4 nitrogen and oxygen atoms in total. The van der Waals surface area contributed by atoms with Gasteiger partial charge in [-0.1, -0.05) is 53.7 Å². The molecule has 2 aromatic carbocycles. The molecule has 3 rings (SSSR count). The molecule has 3 N–H and O–H groups in total. The number of benzene rings is 2. The van der Waals surface area contributed by atoms with Crippen molar-refractivity contribution in [3.63, 3.8) is 0 Å². The van der Waals surface area contributed by atoms with E-state index in [9.17, 15) is 0 Å². The molecule has 0 saturated carbocycles. The molecule has 108 valence electrons. The van der Waals surface area contributed by atoms with Crippen LogP contribution in [-0.2, 0) is 6.42 Å². The first kappa shape index (κ1) is 13.5. The average molecular weight is 281 g/mol. The Hall–Kier alpha value is -2.49. The Morgan fingerprint density at radius 3 is 2.62 bits per heavy atom. The maximum atomic E-state index is 8.91. The molecule has 4 heteroatoms. The van der Waals surface area contributed by atoms with E-state index in [1.807, 2.05) is 18.2 Å². The summed E-state index contributed by atoms with van der Waals surface area (Å²) in [6, 6.07) is 18.8. The number of hydrogen-bond acceptors (Lipinski definition) is 3. The zero-order valence-electron chi connectivity index (χ0n) is 11.8. The second kappa shape index (κ2) is 5.87. The lowest BCUT2D eigenvalue weighted by Crippen LogP contribution is -2.30. The predicted octanol–water partition coefficient (Wildman–Crippen LogP) is 2.93. The summed E-state index contributed by atoms with van der Waals surface area (Å²) in [7, 11) is 0. The molecule has 0 bridgehead atoms. The number of anilines is 1. The Bertz CT molecular complexity index is 639. The maximum Gasteiger partial charge on any atom is 0.141 e. The SMILES string of the molecule is NC(CC(c1ccccc1)N1CCc2ccccc21)=NO. The third kappa shape index (κ3) is 2.70. The highest BCUT2D eigenvalue weighted by atomic mass is 16.4. The van der Waals surface area contributed by atoms with Gasteiger partial charge in [-0.2, -0.15) is 0 Å². The number of rotatable bonds is 4. The van der Waals surface area contributed by atoms with Crippen LogP contribution in [0.4, 0.5) is 5.69 Å². The van der Waals surface area contributed by atoms with Gasteiger partial charge in [0, 0.05) is 18.7 Å². The normalized spacial score (nSPS) is 15.8. The minimum absolute atomic E-state index is 0.0887. The van der Waals surface area contributed by atoms with Crippen LogP contribution in [0.25, 0.3) is 0 Å². The fraction of sp³-hybridized carbons (Fsp3) is 0.235. The van der Waals surface area contributed by atoms with Crippen molar-refractivity contribution in [2.24, 2.45) is 10.9 Å². The van der Waals surface area contributed by atoms with Crippen LogP contribution >= 0.6 is 0 Å². The molecular weight excluding hydrogens is 262 g/mol. The topological polar surface area (TPSA) is 61.8 Å². The number of nitrogens with two attached hydrogens (primary N) is 1. The molecule has 2 aromatic rings. The van der Waals surface area contributed by atoms with Gasteiger partial charge in [-0.05, 0) is 23.6 Å². The molecule has 1 aliphatic rings. The fourth-order valence-electron chi connectivity index (χ4n) is 3.01. The van der Waals surface area contributed by atoms with Crippen molar-refractivity contribution >= 4 is 11.5 Å². The van der Waals surface area contributed by atoms with Crippen molar-refractivity contribution in [3.05, 3.63) is 65.7 Å². The number of oxime groups is 1. The van der Waals surface area contributed by atoms with Crippen molar-refractivity contribution < 1.29 is 5.21 Å². The van der Waals surface area contributed by atoms with E-state index in [2.05, 4.69) is 46.5 Å². The lowest BCUT2D eigenvalue weighted by atomic mass is 10.0. The summed E-state index contributed by atoms with van der Waals surface area (Å²) in [4.78, 5) is 2.35. The van der Waals surface area contributed by atoms with E-state index >= 15 is 0 Å². The van der Waals surface area contributed by atoms with E-state index in [1.54, 1.807) is 0 Å². The van der Waals surface area contributed by atoms with Crippen LogP contribution in [0.2, 0.25) is 0 Å². The number of nitrogens with zero attached hydrogens (tertiary/aromatic N) is 2. The maximum absolute atomic E-state index is 8.91. The van der Waals surface area contributed by atoms with Crippen molar-refractivity contribution in [3.8, 4) is 0 Å². The minimum Gasteiger partial charge on any atom is -0.409 e. The number of fused-ring (bicyclic) bond motifs is 1. The number of hydrogen-bond donors (Lipinski definition) is 2. The summed E-state index contributed by atoms with van der Waals surface area (Å²) in [5.74, 6) is 0.258. The highest BCUT2D eigenvalue weighted by Gasteiger charge is 2.27. The quantitative estimate of drug-likeness (QED) is 0.392. The summed E-state index contributed by atoms with van der Waals surface area (Å²) in [6.45, 7) is 0.956. The Morgan fingerprint density at radius 1 is 1.14 bits per heavy atom. The highest BCUT2D eigenvalue weighted by Crippen LogP contribution is 2.36. The summed E-state index contributed by atoms with van der Waals surface area (Å²) >= 11 is 0. The monoisotopic (exact) mass is 281 g/mol. The Kier molecular flexibility index (Phi) is 3.77. The van der Waals surface area contributed by atoms with E-state index in [-0.39, 0.29) is 11.9 Å². The van der Waals surface area contributed by atoms with E-state index in [1.165, 1.54) is 16.8 Å². The van der Waals surface area contributed by atoms with Gasteiger partial charge in [-0.15, -0.1) is 0 Å². The van der Waals surface area contributed by atoms with E-state index < -0.39 is 0 Å². The van der Waals surface area contributed by atoms with Crippen molar-refractivity contribution in [1.82, 2.24) is 0 Å². The summed E-state index contributed by atoms with van der Waals surface area (Å²) < 4.78 is 0. The average Bonchev–Trinajstić information content (AvgIpc) is 2.97. The zero-order chi connectivity index (χ0) is 14.7. The van der Waals surface area contributed by atoms with Gasteiger partial charge < -0.3 is 15.8 Å². The number of amidine groups is 1. The fourth-order valence-corrected chi connectivity index (χ4v) is 3.01. The first-order valence-electron chi connectivity index (χ1n) is 7.15. The van der Waals surface area contributed by atoms with Crippen LogP contribution in [0.15, 0.2) is 59.8 Å². The lowest BCUT2D eigenvalue weighted by Gasteiger charge is -2.30. The van der Waals surface area contributed by atoms with Gasteiger partial charge in [0.05, 0.1) is 6.04 Å². The van der Waals surface area contributed by atoms with Gasteiger partial charge in [-0.3, -0.25) is 0 Å². The van der Waals surface area contributed by atoms with Gasteiger partial charge in [-0.25, -0.2) is 0 Å². The van der Waals surface area contributed by atoms with Crippen molar-refractivity contribution in [2.75, 3.05) is 11.4 Å². The first-order valence-corrected chi connectivity index (χ1v) is 7.15. The molecular formula is C17H19N3O. The molecule has 1 aliphatic heterocycles. The molecule has 1 unspecified atom stereocenters. The van der Waals surface area contributed by atoms with Crippen molar-refractivity contribution in [1.29, 1.82) is 0 Å². The molecule has 0 aliphatic carbocycles. The predicted molar refractivity (Wildman–Crippen MR) is 84.7 cm³/mol. The van der Waals surface area contributed by atoms with Crippen LogP contribution in [0.5, 0.6) is 0 Å². The molecule has 0 spiro atoms. The zero-order valence-corrected chi connectivity index (χ0v) is 11.8. The van der Waals surface area contributed by atoms with Gasteiger partial charge in [0.1, 0.15) is 5.84 Å². The van der Waals surface area contributed by atoms with E-state index in [0.717, 1.165) is 13.0 Å². The van der Waals surface area contributed by atoms with E-state index in [4.69, 9.17) is 10.9 Å². The second-order valence-electron chi connectivity index (χ2n) is 5.29. The minimum atomic E-state index is 0.0887. The smallest absolute Gasteiger partial charge is 0.141 e. The molecule has 21 heavy (non-hydrogen) atoms. The molecule has 0 saturated heterocycles. The summed E-state index contributed by atoms with van der Waals surface area (Å²) in [6.07, 6.45) is 1.55. The molecule has 0 fully saturated rings. The summed E-state index contributed by atoms with van der Waals surface area (Å²) in [5, 5.41) is 12.1. The van der Waals surface area contributed by atoms with Gasteiger partial charge in [0.15, 0.2) is 0 Å². The molecule has 0 aromatic heterocycles. The standard InChI is InChI=1S/C17H19N3O/c18-17(19-21)12-16(13-6-2-1-3-7-13)20-11-10-14-8-4-5-9-15(14)20/h1-9,16,21H,10-12H2,(H2,18,19). The Labute approximate surface area is 124 Å². The molecule has 0 amide bonds. The number of para-hydroxylation sites is 1. The molecule has 1 heterocycles. The van der Waals surface area contributed by atoms with Crippen LogP contribution in [0, 0.1) is 0 Å². The summed E-state index contributed by atoms with van der Waals surface area (Å²) in [5.41, 5.74) is 9.56. The van der Waals surface area contributed by atoms with Crippen LogP contribution in [-0.4, -0.2) is 17.6 Å². The third-order valence-corrected chi connectivity index (χ3v) is 4.01. The van der Waals surface area contributed by atoms with E-state index in [0.29, 0.717) is 6.42 Å². The molecule has 0 radical (unpaired) electrons. The Balaban J connectivity index is 1.97. The van der Waals surface area contributed by atoms with Crippen LogP contribution in [0.3, 0.4) is 0 Å². The molecule has 1 atom stereocenters. The lowest BCUT2D eigenvalue weighted by molar-refractivity contribution is 0.316. The largest absolute Gasteiger partial charge is 0.409 e. The van der Waals surface area contributed by atoms with Crippen molar-refractivity contribution in [2.45, 2.75) is 18.9 Å². The second-order valence-corrected chi connectivity index (χ2v) is 5.29. The first-order chi connectivity index (χ1) is 10.3.